The lowest BCUT2D eigenvalue weighted by Gasteiger charge is -1.99. The topological polar surface area (TPSA) is 17.3 Å². The van der Waals surface area contributed by atoms with Crippen molar-refractivity contribution in [1.82, 2.24) is 9.61 Å². The number of aryl methyl sites for hydroxylation is 1. The summed E-state index contributed by atoms with van der Waals surface area (Å²) in [5, 5.41) is 5.23. The third-order valence-electron chi connectivity index (χ3n) is 2.84. The maximum atomic E-state index is 5.94. The van der Waals surface area contributed by atoms with Crippen LogP contribution in [0.4, 0.5) is 0 Å². The first-order valence-corrected chi connectivity index (χ1v) is 5.83. The van der Waals surface area contributed by atoms with Gasteiger partial charge in [-0.25, -0.2) is 4.52 Å². The first-order valence-electron chi connectivity index (χ1n) is 5.45. The molecule has 0 aliphatic heterocycles. The standard InChI is InChI=1S/C14H11ClN2/c1-10-4-2-3-5-13(10)14-8-12-7-6-11(15)9-17(12)16-14/h2-9H,1H3. The normalized spacial score (nSPS) is 10.9. The van der Waals surface area contributed by atoms with Crippen LogP contribution in [0, 0.1) is 6.92 Å². The second-order valence-corrected chi connectivity index (χ2v) is 4.50. The SMILES string of the molecule is Cc1ccccc1-c1cc2ccc(Cl)cn2n1. The van der Waals surface area contributed by atoms with E-state index < -0.39 is 0 Å². The van der Waals surface area contributed by atoms with Crippen molar-refractivity contribution < 1.29 is 0 Å². The van der Waals surface area contributed by atoms with E-state index in [1.165, 1.54) is 5.56 Å². The van der Waals surface area contributed by atoms with Gasteiger partial charge in [0, 0.05) is 11.8 Å². The zero-order chi connectivity index (χ0) is 11.8. The summed E-state index contributed by atoms with van der Waals surface area (Å²) >= 11 is 5.94. The van der Waals surface area contributed by atoms with Gasteiger partial charge in [0.25, 0.3) is 0 Å². The molecule has 17 heavy (non-hydrogen) atoms. The average molecular weight is 243 g/mol. The molecule has 0 atom stereocenters. The molecule has 0 radical (unpaired) electrons. The molecule has 3 aromatic rings. The van der Waals surface area contributed by atoms with Crippen molar-refractivity contribution >= 4 is 17.1 Å². The fourth-order valence-electron chi connectivity index (χ4n) is 1.95. The van der Waals surface area contributed by atoms with Crippen LogP contribution in [0.5, 0.6) is 0 Å². The van der Waals surface area contributed by atoms with Gasteiger partial charge < -0.3 is 0 Å². The summed E-state index contributed by atoms with van der Waals surface area (Å²) in [5.41, 5.74) is 4.41. The maximum Gasteiger partial charge on any atom is 0.0936 e. The van der Waals surface area contributed by atoms with E-state index in [9.17, 15) is 0 Å². The molecule has 0 spiro atoms. The van der Waals surface area contributed by atoms with Crippen LogP contribution in [-0.4, -0.2) is 9.61 Å². The van der Waals surface area contributed by atoms with Crippen molar-refractivity contribution in [2.24, 2.45) is 0 Å². The molecule has 2 nitrogen and oxygen atoms in total. The molecule has 0 amide bonds. The number of hydrogen-bond donors (Lipinski definition) is 0. The fraction of sp³-hybridized carbons (Fsp3) is 0.0714. The van der Waals surface area contributed by atoms with E-state index in [2.05, 4.69) is 30.2 Å². The summed E-state index contributed by atoms with van der Waals surface area (Å²) in [7, 11) is 0. The molecule has 0 saturated heterocycles. The van der Waals surface area contributed by atoms with Crippen molar-refractivity contribution in [3.8, 4) is 11.3 Å². The average Bonchev–Trinajstić information content (AvgIpc) is 2.72. The van der Waals surface area contributed by atoms with Crippen molar-refractivity contribution in [1.29, 1.82) is 0 Å². The molecule has 0 saturated carbocycles. The third kappa shape index (κ3) is 1.81. The van der Waals surface area contributed by atoms with Gasteiger partial charge in [0.05, 0.1) is 16.2 Å². The van der Waals surface area contributed by atoms with Crippen LogP contribution in [0.3, 0.4) is 0 Å². The van der Waals surface area contributed by atoms with Crippen LogP contribution in [0.25, 0.3) is 16.8 Å². The minimum Gasteiger partial charge on any atom is -0.239 e. The molecule has 84 valence electrons. The van der Waals surface area contributed by atoms with Crippen LogP contribution in [0.15, 0.2) is 48.7 Å². The van der Waals surface area contributed by atoms with Crippen molar-refractivity contribution in [2.45, 2.75) is 6.92 Å². The second-order valence-electron chi connectivity index (χ2n) is 4.06. The Hall–Kier alpha value is -1.80. The van der Waals surface area contributed by atoms with Gasteiger partial charge in [-0.15, -0.1) is 0 Å². The highest BCUT2D eigenvalue weighted by Crippen LogP contribution is 2.23. The van der Waals surface area contributed by atoms with Gasteiger partial charge in [-0.3, -0.25) is 0 Å². The largest absolute Gasteiger partial charge is 0.239 e. The molecule has 0 aliphatic rings. The number of fused-ring (bicyclic) bond motifs is 1. The Bertz CT molecular complexity index is 686. The molecule has 0 aliphatic carbocycles. The first kappa shape index (κ1) is 10.4. The third-order valence-corrected chi connectivity index (χ3v) is 3.07. The van der Waals surface area contributed by atoms with Gasteiger partial charge in [0.1, 0.15) is 0 Å². The number of pyridine rings is 1. The summed E-state index contributed by atoms with van der Waals surface area (Å²) in [6.45, 7) is 2.09. The summed E-state index contributed by atoms with van der Waals surface area (Å²) < 4.78 is 1.81. The highest BCUT2D eigenvalue weighted by Gasteiger charge is 2.06. The van der Waals surface area contributed by atoms with E-state index in [0.717, 1.165) is 16.8 Å². The predicted octanol–water partition coefficient (Wildman–Crippen LogP) is 3.96. The number of rotatable bonds is 1. The summed E-state index contributed by atoms with van der Waals surface area (Å²) in [6.07, 6.45) is 1.82. The van der Waals surface area contributed by atoms with Gasteiger partial charge in [0.2, 0.25) is 0 Å². The highest BCUT2D eigenvalue weighted by molar-refractivity contribution is 6.30. The van der Waals surface area contributed by atoms with Crippen molar-refractivity contribution in [3.05, 3.63) is 59.2 Å². The molecular weight excluding hydrogens is 232 g/mol. The monoisotopic (exact) mass is 242 g/mol. The second kappa shape index (κ2) is 3.90. The fourth-order valence-corrected chi connectivity index (χ4v) is 2.11. The predicted molar refractivity (Wildman–Crippen MR) is 70.4 cm³/mol. The van der Waals surface area contributed by atoms with Gasteiger partial charge in [0.15, 0.2) is 0 Å². The van der Waals surface area contributed by atoms with Crippen molar-refractivity contribution in [2.75, 3.05) is 0 Å². The lowest BCUT2D eigenvalue weighted by molar-refractivity contribution is 0.965. The van der Waals surface area contributed by atoms with Crippen LogP contribution in [0.2, 0.25) is 5.02 Å². The molecule has 0 unspecified atom stereocenters. The van der Waals surface area contributed by atoms with Gasteiger partial charge in [-0.05, 0) is 30.7 Å². The van der Waals surface area contributed by atoms with Crippen LogP contribution >= 0.6 is 11.6 Å². The van der Waals surface area contributed by atoms with Crippen LogP contribution in [0.1, 0.15) is 5.56 Å². The lowest BCUT2D eigenvalue weighted by atomic mass is 10.1. The minimum atomic E-state index is 0.692. The molecule has 2 heterocycles. The van der Waals surface area contributed by atoms with Crippen LogP contribution in [-0.2, 0) is 0 Å². The number of hydrogen-bond acceptors (Lipinski definition) is 1. The molecule has 3 heteroatoms. The maximum absolute atomic E-state index is 5.94. The Morgan fingerprint density at radius 3 is 2.76 bits per heavy atom. The van der Waals surface area contributed by atoms with Gasteiger partial charge in [-0.2, -0.15) is 5.10 Å². The summed E-state index contributed by atoms with van der Waals surface area (Å²) in [6, 6.07) is 14.1. The number of benzene rings is 1. The van der Waals surface area contributed by atoms with Crippen molar-refractivity contribution in [3.63, 3.8) is 0 Å². The first-order chi connectivity index (χ1) is 8.24. The van der Waals surface area contributed by atoms with Gasteiger partial charge in [-0.1, -0.05) is 35.9 Å². The quantitative estimate of drug-likeness (QED) is 0.631. The molecule has 0 N–H and O–H groups in total. The summed E-state index contributed by atoms with van der Waals surface area (Å²) in [5.74, 6) is 0. The Kier molecular flexibility index (Phi) is 2.37. The van der Waals surface area contributed by atoms with E-state index in [-0.39, 0.29) is 0 Å². The highest BCUT2D eigenvalue weighted by atomic mass is 35.5. The molecule has 0 fully saturated rings. The number of nitrogens with zero attached hydrogens (tertiary/aromatic N) is 2. The molecule has 2 aromatic heterocycles. The Morgan fingerprint density at radius 2 is 1.94 bits per heavy atom. The smallest absolute Gasteiger partial charge is 0.0936 e. The number of aromatic nitrogens is 2. The van der Waals surface area contributed by atoms with E-state index in [4.69, 9.17) is 11.6 Å². The summed E-state index contributed by atoms with van der Waals surface area (Å²) in [4.78, 5) is 0. The molecule has 1 aromatic carbocycles. The van der Waals surface area contributed by atoms with Crippen LogP contribution < -0.4 is 0 Å². The Balaban J connectivity index is 2.22. The minimum absolute atomic E-state index is 0.692. The molecule has 0 bridgehead atoms. The Morgan fingerprint density at radius 1 is 1.12 bits per heavy atom. The van der Waals surface area contributed by atoms with Gasteiger partial charge >= 0.3 is 0 Å². The zero-order valence-electron chi connectivity index (χ0n) is 9.39. The zero-order valence-corrected chi connectivity index (χ0v) is 10.1. The Labute approximate surface area is 104 Å². The molecule has 3 rings (SSSR count). The van der Waals surface area contributed by atoms with E-state index in [1.54, 1.807) is 0 Å². The number of halogens is 1. The molecular formula is C14H11ClN2. The van der Waals surface area contributed by atoms with E-state index >= 15 is 0 Å². The van der Waals surface area contributed by atoms with E-state index in [0.29, 0.717) is 5.02 Å². The lowest BCUT2D eigenvalue weighted by Crippen LogP contribution is -1.87. The van der Waals surface area contributed by atoms with E-state index in [1.807, 2.05) is 35.0 Å².